The number of nitrogens with zero attached hydrogens (tertiary/aromatic N) is 2. The van der Waals surface area contributed by atoms with Crippen molar-refractivity contribution < 1.29 is 27.4 Å². The van der Waals surface area contributed by atoms with E-state index in [1.807, 2.05) is 4.90 Å². The van der Waals surface area contributed by atoms with Crippen LogP contribution in [0.25, 0.3) is 0 Å². The topological polar surface area (TPSA) is 45.3 Å². The predicted octanol–water partition coefficient (Wildman–Crippen LogP) is 4.35. The van der Waals surface area contributed by atoms with Gasteiger partial charge in [0.2, 0.25) is 0 Å². The zero-order chi connectivity index (χ0) is 23.9. The second-order valence-electron chi connectivity index (χ2n) is 11.4. The number of ether oxygens (including phenoxy) is 2. The third-order valence-corrected chi connectivity index (χ3v) is 9.56. The summed E-state index contributed by atoms with van der Waals surface area (Å²) < 4.78 is 51.8. The highest BCUT2D eigenvalue weighted by atomic mass is 19.4. The van der Waals surface area contributed by atoms with E-state index in [0.29, 0.717) is 44.3 Å². The molecule has 0 N–H and O–H groups in total. The van der Waals surface area contributed by atoms with Gasteiger partial charge in [-0.3, -0.25) is 9.69 Å². The fraction of sp³-hybridized carbons (Fsp3) is 0.731. The molecule has 3 heterocycles. The molecule has 8 heteroatoms. The molecule has 1 spiro atoms. The Hall–Kier alpha value is -1.80. The minimum Gasteiger partial charge on any atom is -0.462 e. The van der Waals surface area contributed by atoms with Crippen LogP contribution in [-0.4, -0.2) is 61.4 Å². The first-order chi connectivity index (χ1) is 16.1. The van der Waals surface area contributed by atoms with Crippen molar-refractivity contribution in [2.24, 2.45) is 23.2 Å². The van der Waals surface area contributed by atoms with E-state index in [2.05, 4.69) is 18.7 Å². The van der Waals surface area contributed by atoms with Gasteiger partial charge in [0.05, 0.1) is 17.6 Å². The Balaban J connectivity index is 1.12. The standard InChI is InChI=1S/C26H33F3N2O3/c1-16-5-4-8-24(2)14-20-21(22-25(16,24)34-22)19(23(32)33-20)15-30-9-11-31(12-10-30)18-7-3-6-17(13-18)26(27,28)29/h3,6-7,13,16,19-22H,4-5,8-12,14-15H2,1-2H3/t16-,19-,20-,21+,22+,24+,25-/m1/s1. The molecule has 5 fully saturated rings. The van der Waals surface area contributed by atoms with Crippen LogP contribution >= 0.6 is 0 Å². The van der Waals surface area contributed by atoms with Gasteiger partial charge in [0.15, 0.2) is 0 Å². The largest absolute Gasteiger partial charge is 0.462 e. The zero-order valence-electron chi connectivity index (χ0n) is 19.8. The normalized spacial score (nSPS) is 42.0. The number of carbonyl (C=O) groups excluding carboxylic acids is 1. The van der Waals surface area contributed by atoms with Gasteiger partial charge >= 0.3 is 12.1 Å². The van der Waals surface area contributed by atoms with Crippen LogP contribution in [0.15, 0.2) is 24.3 Å². The zero-order valence-corrected chi connectivity index (χ0v) is 19.8. The van der Waals surface area contributed by atoms with Crippen molar-refractivity contribution in [3.05, 3.63) is 29.8 Å². The Morgan fingerprint density at radius 3 is 2.68 bits per heavy atom. The summed E-state index contributed by atoms with van der Waals surface area (Å²) in [5, 5.41) is 0. The molecule has 7 atom stereocenters. The number of rotatable bonds is 3. The van der Waals surface area contributed by atoms with Gasteiger partial charge in [0, 0.05) is 49.7 Å². The maximum absolute atomic E-state index is 13.1. The Morgan fingerprint density at radius 2 is 1.94 bits per heavy atom. The number of hydrogen-bond acceptors (Lipinski definition) is 5. The molecule has 5 aliphatic rings. The first-order valence-corrected chi connectivity index (χ1v) is 12.7. The summed E-state index contributed by atoms with van der Waals surface area (Å²) in [6, 6.07) is 5.53. The van der Waals surface area contributed by atoms with Gasteiger partial charge in [-0.1, -0.05) is 26.3 Å². The summed E-state index contributed by atoms with van der Waals surface area (Å²) in [4.78, 5) is 17.2. The molecule has 1 aromatic carbocycles. The van der Waals surface area contributed by atoms with E-state index in [4.69, 9.17) is 9.47 Å². The highest BCUT2D eigenvalue weighted by Gasteiger charge is 2.78. The van der Waals surface area contributed by atoms with E-state index < -0.39 is 11.7 Å². The molecule has 186 valence electrons. The smallest absolute Gasteiger partial charge is 0.416 e. The van der Waals surface area contributed by atoms with E-state index in [1.54, 1.807) is 6.07 Å². The molecule has 3 aliphatic heterocycles. The molecule has 34 heavy (non-hydrogen) atoms. The second kappa shape index (κ2) is 7.60. The first-order valence-electron chi connectivity index (χ1n) is 12.7. The molecule has 2 aliphatic carbocycles. The maximum atomic E-state index is 13.1. The Labute approximate surface area is 198 Å². The molecule has 5 nitrogen and oxygen atoms in total. The number of epoxide rings is 1. The SMILES string of the molecule is C[C@@H]1CCC[C@@]2(C)C[C@H]3OC(=O)[C@H](CN4CCN(c5cccc(C(F)(F)F)c5)CC4)[C@@H]3[C@@H]3O[C@]132. The van der Waals surface area contributed by atoms with Crippen molar-refractivity contribution in [1.29, 1.82) is 0 Å². The number of esters is 1. The van der Waals surface area contributed by atoms with Gasteiger partial charge in [-0.2, -0.15) is 13.2 Å². The summed E-state index contributed by atoms with van der Waals surface area (Å²) in [5.74, 6) is 0.330. The third-order valence-electron chi connectivity index (χ3n) is 9.56. The molecule has 0 bridgehead atoms. The lowest BCUT2D eigenvalue weighted by molar-refractivity contribution is -0.146. The van der Waals surface area contributed by atoms with Crippen LogP contribution in [0.4, 0.5) is 18.9 Å². The minimum atomic E-state index is -4.34. The third kappa shape index (κ3) is 3.31. The van der Waals surface area contributed by atoms with E-state index >= 15 is 0 Å². The lowest BCUT2D eigenvalue weighted by Gasteiger charge is -2.49. The summed E-state index contributed by atoms with van der Waals surface area (Å²) >= 11 is 0. The first kappa shape index (κ1) is 22.7. The van der Waals surface area contributed by atoms with Gasteiger partial charge in [-0.25, -0.2) is 0 Å². The molecule has 1 aromatic rings. The van der Waals surface area contributed by atoms with Crippen molar-refractivity contribution in [3.8, 4) is 0 Å². The molecule has 2 saturated carbocycles. The van der Waals surface area contributed by atoms with Crippen LogP contribution in [0.5, 0.6) is 0 Å². The predicted molar refractivity (Wildman–Crippen MR) is 120 cm³/mol. The van der Waals surface area contributed by atoms with E-state index in [9.17, 15) is 18.0 Å². The van der Waals surface area contributed by atoms with Crippen LogP contribution < -0.4 is 4.90 Å². The molecular formula is C26H33F3N2O3. The summed E-state index contributed by atoms with van der Waals surface area (Å²) in [7, 11) is 0. The average Bonchev–Trinajstić information content (AvgIpc) is 3.48. The van der Waals surface area contributed by atoms with Gasteiger partial charge < -0.3 is 14.4 Å². The molecule has 0 amide bonds. The van der Waals surface area contributed by atoms with Crippen LogP contribution in [0, 0.1) is 23.2 Å². The van der Waals surface area contributed by atoms with Crippen molar-refractivity contribution in [3.63, 3.8) is 0 Å². The number of benzene rings is 1. The highest BCUT2D eigenvalue weighted by Crippen LogP contribution is 2.70. The molecule has 0 aromatic heterocycles. The number of piperazine rings is 1. The van der Waals surface area contributed by atoms with Crippen molar-refractivity contribution in [2.75, 3.05) is 37.6 Å². The van der Waals surface area contributed by atoms with Gasteiger partial charge in [-0.15, -0.1) is 0 Å². The van der Waals surface area contributed by atoms with Crippen molar-refractivity contribution >= 4 is 11.7 Å². The van der Waals surface area contributed by atoms with Crippen LogP contribution in [-0.2, 0) is 20.4 Å². The van der Waals surface area contributed by atoms with E-state index in [1.165, 1.54) is 25.0 Å². The summed E-state index contributed by atoms with van der Waals surface area (Å²) in [5.41, 5.74) is -0.0314. The minimum absolute atomic E-state index is 0.0557. The summed E-state index contributed by atoms with van der Waals surface area (Å²) in [6.45, 7) is 7.96. The monoisotopic (exact) mass is 478 g/mol. The fourth-order valence-corrected chi connectivity index (χ4v) is 7.79. The highest BCUT2D eigenvalue weighted by molar-refractivity contribution is 5.76. The summed E-state index contributed by atoms with van der Waals surface area (Å²) in [6.07, 6.45) is 0.127. The number of carbonyl (C=O) groups is 1. The van der Waals surface area contributed by atoms with Crippen molar-refractivity contribution in [2.45, 2.75) is 63.5 Å². The van der Waals surface area contributed by atoms with Crippen molar-refractivity contribution in [1.82, 2.24) is 4.90 Å². The molecule has 3 saturated heterocycles. The Bertz CT molecular complexity index is 978. The van der Waals surface area contributed by atoms with Crippen LogP contribution in [0.2, 0.25) is 0 Å². The second-order valence-corrected chi connectivity index (χ2v) is 11.4. The molecular weight excluding hydrogens is 445 g/mol. The molecule has 0 radical (unpaired) electrons. The number of fused-ring (bicyclic) bond motifs is 2. The number of halogens is 3. The number of hydrogen-bond donors (Lipinski definition) is 0. The fourth-order valence-electron chi connectivity index (χ4n) is 7.79. The van der Waals surface area contributed by atoms with E-state index in [0.717, 1.165) is 18.9 Å². The number of anilines is 1. The van der Waals surface area contributed by atoms with E-state index in [-0.39, 0.29) is 41.0 Å². The molecule has 0 unspecified atom stereocenters. The average molecular weight is 479 g/mol. The maximum Gasteiger partial charge on any atom is 0.416 e. The Kier molecular flexibility index (Phi) is 5.06. The number of alkyl halides is 3. The molecule has 6 rings (SSSR count). The Morgan fingerprint density at radius 1 is 1.18 bits per heavy atom. The van der Waals surface area contributed by atoms with Crippen LogP contribution in [0.3, 0.4) is 0 Å². The quantitative estimate of drug-likeness (QED) is 0.478. The van der Waals surface area contributed by atoms with Crippen LogP contribution in [0.1, 0.15) is 45.1 Å². The lowest BCUT2D eigenvalue weighted by Crippen LogP contribution is -2.55. The van der Waals surface area contributed by atoms with Gasteiger partial charge in [0.25, 0.3) is 0 Å². The van der Waals surface area contributed by atoms with Gasteiger partial charge in [-0.05, 0) is 43.4 Å². The van der Waals surface area contributed by atoms with Gasteiger partial charge in [0.1, 0.15) is 11.7 Å². The lowest BCUT2D eigenvalue weighted by atomic mass is 9.53.